The van der Waals surface area contributed by atoms with E-state index in [1.807, 2.05) is 49.4 Å². The van der Waals surface area contributed by atoms with Gasteiger partial charge in [0.05, 0.1) is 17.2 Å². The maximum absolute atomic E-state index is 13.6. The van der Waals surface area contributed by atoms with Crippen LogP contribution in [0.25, 0.3) is 0 Å². The third-order valence-corrected chi connectivity index (χ3v) is 7.20. The number of ketones is 1. The maximum Gasteiger partial charge on any atom is 0.337 e. The minimum atomic E-state index is -0.518. The standard InChI is InChI=1S/C27H27ClN2O3/c1-16-24(27(32)33-20-6-2-3-7-20)26(21-8-4-5-13-29-21)25-22(30-16)14-18(15-23(25)31)17-9-11-19(28)12-10-17/h4-5,8-13,18,20,26,30H,2-3,6-7,14-15H2,1H3/t18-,26+/m0/s1. The number of carbonyl (C=O) groups excluding carboxylic acids is 2. The highest BCUT2D eigenvalue weighted by molar-refractivity contribution is 6.30. The monoisotopic (exact) mass is 462 g/mol. The van der Waals surface area contributed by atoms with Crippen LogP contribution in [0.15, 0.2) is 71.2 Å². The van der Waals surface area contributed by atoms with E-state index in [4.69, 9.17) is 16.3 Å². The summed E-state index contributed by atoms with van der Waals surface area (Å²) in [7, 11) is 0. The molecule has 1 aliphatic heterocycles. The molecule has 3 aliphatic rings. The summed E-state index contributed by atoms with van der Waals surface area (Å²) in [5, 5.41) is 4.08. The first-order valence-electron chi connectivity index (χ1n) is 11.6. The molecule has 170 valence electrons. The number of hydrogen-bond donors (Lipinski definition) is 1. The number of aromatic nitrogens is 1. The van der Waals surface area contributed by atoms with Gasteiger partial charge in [-0.15, -0.1) is 0 Å². The van der Waals surface area contributed by atoms with E-state index in [2.05, 4.69) is 10.3 Å². The van der Waals surface area contributed by atoms with Crippen LogP contribution in [0.5, 0.6) is 0 Å². The maximum atomic E-state index is 13.6. The molecule has 1 saturated carbocycles. The van der Waals surface area contributed by atoms with Crippen LogP contribution in [0.3, 0.4) is 0 Å². The van der Waals surface area contributed by atoms with Crippen LogP contribution in [-0.4, -0.2) is 22.8 Å². The van der Waals surface area contributed by atoms with Gasteiger partial charge in [-0.05, 0) is 74.8 Å². The van der Waals surface area contributed by atoms with E-state index in [0.29, 0.717) is 34.7 Å². The lowest BCUT2D eigenvalue weighted by atomic mass is 9.73. The lowest BCUT2D eigenvalue weighted by molar-refractivity contribution is -0.144. The third-order valence-electron chi connectivity index (χ3n) is 6.95. The van der Waals surface area contributed by atoms with Gasteiger partial charge in [0, 0.05) is 34.6 Å². The van der Waals surface area contributed by atoms with E-state index in [-0.39, 0.29) is 23.8 Å². The first-order valence-corrected chi connectivity index (χ1v) is 12.0. The molecule has 1 aromatic carbocycles. The molecule has 5 nitrogen and oxygen atoms in total. The highest BCUT2D eigenvalue weighted by Gasteiger charge is 2.42. The molecule has 0 radical (unpaired) electrons. The molecule has 0 amide bonds. The number of hydrogen-bond acceptors (Lipinski definition) is 5. The van der Waals surface area contributed by atoms with Crippen molar-refractivity contribution in [2.24, 2.45) is 0 Å². The Bertz CT molecular complexity index is 1130. The number of dihydropyridines is 1. The zero-order valence-electron chi connectivity index (χ0n) is 18.6. The Kier molecular flexibility index (Phi) is 6.07. The highest BCUT2D eigenvalue weighted by atomic mass is 35.5. The molecule has 2 aromatic rings. The van der Waals surface area contributed by atoms with Crippen molar-refractivity contribution < 1.29 is 14.3 Å². The van der Waals surface area contributed by atoms with Crippen LogP contribution in [0, 0.1) is 0 Å². The van der Waals surface area contributed by atoms with Crippen molar-refractivity contribution in [2.45, 2.75) is 63.4 Å². The van der Waals surface area contributed by atoms with Crippen molar-refractivity contribution in [2.75, 3.05) is 0 Å². The second-order valence-electron chi connectivity index (χ2n) is 9.14. The Morgan fingerprint density at radius 2 is 1.85 bits per heavy atom. The number of halogens is 1. The van der Waals surface area contributed by atoms with Gasteiger partial charge in [0.25, 0.3) is 0 Å². The summed E-state index contributed by atoms with van der Waals surface area (Å²) < 4.78 is 5.88. The average molecular weight is 463 g/mol. The number of carbonyl (C=O) groups is 2. The average Bonchev–Trinajstić information content (AvgIpc) is 3.32. The summed E-state index contributed by atoms with van der Waals surface area (Å²) in [6, 6.07) is 13.3. The topological polar surface area (TPSA) is 68.3 Å². The molecule has 33 heavy (non-hydrogen) atoms. The predicted octanol–water partition coefficient (Wildman–Crippen LogP) is 5.58. The molecule has 2 atom stereocenters. The fourth-order valence-electron chi connectivity index (χ4n) is 5.34. The van der Waals surface area contributed by atoms with E-state index in [1.54, 1.807) is 6.20 Å². The van der Waals surface area contributed by atoms with Gasteiger partial charge >= 0.3 is 5.97 Å². The van der Waals surface area contributed by atoms with Crippen molar-refractivity contribution >= 4 is 23.4 Å². The zero-order chi connectivity index (χ0) is 22.9. The Labute approximate surface area is 198 Å². The molecule has 0 bridgehead atoms. The summed E-state index contributed by atoms with van der Waals surface area (Å²) in [4.78, 5) is 31.5. The Balaban J connectivity index is 1.52. The first kappa shape index (κ1) is 21.9. The van der Waals surface area contributed by atoms with E-state index in [0.717, 1.165) is 42.6 Å². The van der Waals surface area contributed by atoms with E-state index >= 15 is 0 Å². The van der Waals surface area contributed by atoms with Gasteiger partial charge in [0.1, 0.15) is 6.10 Å². The molecular weight excluding hydrogens is 436 g/mol. The fourth-order valence-corrected chi connectivity index (χ4v) is 5.47. The first-order chi connectivity index (χ1) is 16.0. The number of benzene rings is 1. The van der Waals surface area contributed by atoms with Crippen LogP contribution >= 0.6 is 11.6 Å². The minimum Gasteiger partial charge on any atom is -0.459 e. The highest BCUT2D eigenvalue weighted by Crippen LogP contribution is 2.45. The second kappa shape index (κ2) is 9.14. The molecule has 0 saturated heterocycles. The summed E-state index contributed by atoms with van der Waals surface area (Å²) in [6.07, 6.45) is 6.69. The number of nitrogens with zero attached hydrogens (tertiary/aromatic N) is 1. The van der Waals surface area contributed by atoms with Gasteiger partial charge in [-0.1, -0.05) is 29.8 Å². The number of nitrogens with one attached hydrogen (secondary N) is 1. The summed E-state index contributed by atoms with van der Waals surface area (Å²) in [5.74, 6) is -0.764. The molecule has 6 heteroatoms. The van der Waals surface area contributed by atoms with Crippen molar-refractivity contribution in [3.05, 3.63) is 87.5 Å². The van der Waals surface area contributed by atoms with Crippen molar-refractivity contribution in [1.29, 1.82) is 0 Å². The number of Topliss-reactive ketones (excluding diaryl/α,β-unsaturated/α-hetero) is 1. The SMILES string of the molecule is CC1=C(C(=O)OC2CCCC2)[C@@H](c2ccccn2)C2=C(C[C@H](c3ccc(Cl)cc3)CC2=O)N1. The zero-order valence-corrected chi connectivity index (χ0v) is 19.4. The molecule has 0 spiro atoms. The number of esters is 1. The largest absolute Gasteiger partial charge is 0.459 e. The number of rotatable bonds is 4. The summed E-state index contributed by atoms with van der Waals surface area (Å²) in [6.45, 7) is 1.89. The number of allylic oxidation sites excluding steroid dienone is 3. The predicted molar refractivity (Wildman–Crippen MR) is 127 cm³/mol. The minimum absolute atomic E-state index is 0.0398. The molecule has 5 rings (SSSR count). The molecular formula is C27H27ClN2O3. The Hall–Kier alpha value is -2.92. The van der Waals surface area contributed by atoms with E-state index in [1.165, 1.54) is 0 Å². The second-order valence-corrected chi connectivity index (χ2v) is 9.57. The van der Waals surface area contributed by atoms with Gasteiger partial charge in [-0.2, -0.15) is 0 Å². The van der Waals surface area contributed by atoms with E-state index in [9.17, 15) is 9.59 Å². The quantitative estimate of drug-likeness (QED) is 0.600. The van der Waals surface area contributed by atoms with Crippen LogP contribution in [0.1, 0.15) is 68.5 Å². The summed E-state index contributed by atoms with van der Waals surface area (Å²) in [5.41, 5.74) is 4.53. The molecule has 2 aliphatic carbocycles. The fraction of sp³-hybridized carbons (Fsp3) is 0.370. The van der Waals surface area contributed by atoms with Crippen LogP contribution < -0.4 is 5.32 Å². The van der Waals surface area contributed by atoms with Gasteiger partial charge < -0.3 is 10.1 Å². The number of pyridine rings is 1. The normalized spacial score (nSPS) is 23.4. The molecule has 1 aromatic heterocycles. The molecule has 1 fully saturated rings. The van der Waals surface area contributed by atoms with Gasteiger partial charge in [-0.25, -0.2) is 4.79 Å². The number of ether oxygens (including phenoxy) is 1. The van der Waals surface area contributed by atoms with Crippen molar-refractivity contribution in [3.63, 3.8) is 0 Å². The van der Waals surface area contributed by atoms with Crippen LogP contribution in [0.4, 0.5) is 0 Å². The smallest absolute Gasteiger partial charge is 0.337 e. The molecule has 0 unspecified atom stereocenters. The lowest BCUT2D eigenvalue weighted by Gasteiger charge is -2.36. The van der Waals surface area contributed by atoms with Gasteiger partial charge in [0.2, 0.25) is 0 Å². The van der Waals surface area contributed by atoms with Gasteiger partial charge in [-0.3, -0.25) is 9.78 Å². The lowest BCUT2D eigenvalue weighted by Crippen LogP contribution is -2.37. The molecule has 1 N–H and O–H groups in total. The Morgan fingerprint density at radius 1 is 1.09 bits per heavy atom. The van der Waals surface area contributed by atoms with Crippen LogP contribution in [0.2, 0.25) is 5.02 Å². The molecule has 2 heterocycles. The van der Waals surface area contributed by atoms with Crippen molar-refractivity contribution in [3.8, 4) is 0 Å². The third kappa shape index (κ3) is 4.34. The van der Waals surface area contributed by atoms with Crippen molar-refractivity contribution in [1.82, 2.24) is 10.3 Å². The summed E-state index contributed by atoms with van der Waals surface area (Å²) >= 11 is 6.06. The van der Waals surface area contributed by atoms with Gasteiger partial charge in [0.15, 0.2) is 5.78 Å². The van der Waals surface area contributed by atoms with Crippen LogP contribution in [-0.2, 0) is 14.3 Å². The Morgan fingerprint density at radius 3 is 2.55 bits per heavy atom. The van der Waals surface area contributed by atoms with E-state index < -0.39 is 5.92 Å².